The fraction of sp³-hybridized carbons (Fsp3) is 0.231. The van der Waals surface area contributed by atoms with Crippen LogP contribution in [0.5, 0.6) is 17.2 Å². The molecule has 7 heteroatoms. The Morgan fingerprint density at radius 2 is 1.65 bits per heavy atom. The van der Waals surface area contributed by atoms with E-state index >= 15 is 0 Å². The average Bonchev–Trinajstić information content (AvgIpc) is 2.36. The van der Waals surface area contributed by atoms with E-state index in [-0.39, 0.29) is 29.7 Å². The van der Waals surface area contributed by atoms with E-state index in [4.69, 9.17) is 19.3 Å². The lowest BCUT2D eigenvalue weighted by Gasteiger charge is -2.13. The summed E-state index contributed by atoms with van der Waals surface area (Å²) in [6, 6.07) is 3.08. The van der Waals surface area contributed by atoms with Crippen molar-refractivity contribution in [2.45, 2.75) is 6.92 Å². The molecule has 0 heterocycles. The third-order valence-corrected chi connectivity index (χ3v) is 2.15. The zero-order valence-corrected chi connectivity index (χ0v) is 12.0. The largest absolute Gasteiger partial charge is 0.493 e. The van der Waals surface area contributed by atoms with Gasteiger partial charge in [-0.05, 0) is 23.8 Å². The second-order valence-electron chi connectivity index (χ2n) is 3.52. The Hall–Kier alpha value is -2.21. The van der Waals surface area contributed by atoms with E-state index in [2.05, 4.69) is 0 Å². The van der Waals surface area contributed by atoms with Gasteiger partial charge in [-0.3, -0.25) is 4.79 Å². The molecule has 0 aromatic heterocycles. The number of benzene rings is 1. The molecular weight excluding hydrogens is 288 g/mol. The minimum Gasteiger partial charge on any atom is -0.493 e. The highest BCUT2D eigenvalue weighted by Gasteiger charge is 2.15. The summed E-state index contributed by atoms with van der Waals surface area (Å²) in [6.45, 7) is 1.26. The van der Waals surface area contributed by atoms with E-state index in [1.807, 2.05) is 0 Å². The van der Waals surface area contributed by atoms with Crippen molar-refractivity contribution in [1.82, 2.24) is 0 Å². The van der Waals surface area contributed by atoms with Crippen LogP contribution in [0.1, 0.15) is 12.5 Å². The van der Waals surface area contributed by atoms with Gasteiger partial charge in [-0.2, -0.15) is 0 Å². The molecule has 1 aromatic carbocycles. The summed E-state index contributed by atoms with van der Waals surface area (Å²) in [4.78, 5) is 21.5. The van der Waals surface area contributed by atoms with Gasteiger partial charge in [0.15, 0.2) is 11.5 Å². The van der Waals surface area contributed by atoms with E-state index < -0.39 is 11.9 Å². The van der Waals surface area contributed by atoms with Crippen LogP contribution in [0.3, 0.4) is 0 Å². The van der Waals surface area contributed by atoms with Gasteiger partial charge in [0.05, 0.1) is 14.2 Å². The van der Waals surface area contributed by atoms with Crippen molar-refractivity contribution in [3.63, 3.8) is 0 Å². The molecule has 0 atom stereocenters. The van der Waals surface area contributed by atoms with Crippen LogP contribution in [0, 0.1) is 0 Å². The van der Waals surface area contributed by atoms with Crippen LogP contribution < -0.4 is 14.2 Å². The van der Waals surface area contributed by atoms with Gasteiger partial charge >= 0.3 is 11.9 Å². The number of carboxylic acids is 1. The predicted octanol–water partition coefficient (Wildman–Crippen LogP) is 2.15. The maximum absolute atomic E-state index is 11.0. The number of carboxylic acid groups (broad SMARTS) is 1. The highest BCUT2D eigenvalue weighted by atomic mass is 35.5. The number of rotatable bonds is 5. The molecule has 0 fully saturated rings. The van der Waals surface area contributed by atoms with Crippen molar-refractivity contribution < 1.29 is 28.9 Å². The molecule has 0 saturated heterocycles. The van der Waals surface area contributed by atoms with Crippen molar-refractivity contribution in [3.8, 4) is 17.2 Å². The molecule has 0 amide bonds. The normalized spacial score (nSPS) is 9.75. The molecule has 0 aliphatic heterocycles. The summed E-state index contributed by atoms with van der Waals surface area (Å²) in [5.41, 5.74) is 0.548. The molecule has 0 spiro atoms. The van der Waals surface area contributed by atoms with E-state index in [9.17, 15) is 9.59 Å². The molecule has 0 bridgehead atoms. The van der Waals surface area contributed by atoms with Crippen LogP contribution in [0.2, 0.25) is 0 Å². The minimum absolute atomic E-state index is 0. The zero-order chi connectivity index (χ0) is 14.4. The number of aliphatic carboxylic acids is 1. The van der Waals surface area contributed by atoms with Crippen molar-refractivity contribution in [3.05, 3.63) is 23.8 Å². The van der Waals surface area contributed by atoms with Gasteiger partial charge in [0.1, 0.15) is 0 Å². The molecular formula is C13H15ClO6. The monoisotopic (exact) mass is 302 g/mol. The van der Waals surface area contributed by atoms with Crippen LogP contribution in [0.4, 0.5) is 0 Å². The molecule has 0 saturated carbocycles. The second-order valence-corrected chi connectivity index (χ2v) is 3.52. The van der Waals surface area contributed by atoms with E-state index in [1.165, 1.54) is 27.2 Å². The first-order chi connectivity index (χ1) is 8.97. The van der Waals surface area contributed by atoms with Gasteiger partial charge in [0, 0.05) is 13.0 Å². The smallest absolute Gasteiger partial charge is 0.328 e. The molecule has 6 nitrogen and oxygen atoms in total. The Labute approximate surface area is 122 Å². The Kier molecular flexibility index (Phi) is 7.17. The number of hydrogen-bond donors (Lipinski definition) is 1. The van der Waals surface area contributed by atoms with Gasteiger partial charge in [0.2, 0.25) is 5.75 Å². The van der Waals surface area contributed by atoms with Crippen molar-refractivity contribution in [2.75, 3.05) is 14.2 Å². The summed E-state index contributed by atoms with van der Waals surface area (Å²) in [5.74, 6) is -0.864. The number of hydrogen-bond acceptors (Lipinski definition) is 5. The quantitative estimate of drug-likeness (QED) is 0.510. The van der Waals surface area contributed by atoms with Crippen LogP contribution in [0.15, 0.2) is 18.2 Å². The highest BCUT2D eigenvalue weighted by molar-refractivity contribution is 5.86. The highest BCUT2D eigenvalue weighted by Crippen LogP contribution is 2.38. The zero-order valence-electron chi connectivity index (χ0n) is 11.2. The SMILES string of the molecule is COc1cc(C=CC(=O)O)cc(OC)c1OC(C)=O.Cl. The summed E-state index contributed by atoms with van der Waals surface area (Å²) in [5, 5.41) is 8.58. The van der Waals surface area contributed by atoms with Gasteiger partial charge in [-0.25, -0.2) is 4.79 Å². The van der Waals surface area contributed by atoms with Crippen molar-refractivity contribution in [1.29, 1.82) is 0 Å². The van der Waals surface area contributed by atoms with E-state index in [0.29, 0.717) is 5.56 Å². The molecule has 0 unspecified atom stereocenters. The summed E-state index contributed by atoms with van der Waals surface area (Å²) >= 11 is 0. The van der Waals surface area contributed by atoms with Gasteiger partial charge in [-0.15, -0.1) is 12.4 Å². The number of carbonyl (C=O) groups excluding carboxylic acids is 1. The predicted molar refractivity (Wildman–Crippen MR) is 74.8 cm³/mol. The van der Waals surface area contributed by atoms with Crippen LogP contribution in [-0.2, 0) is 9.59 Å². The first-order valence-corrected chi connectivity index (χ1v) is 5.33. The fourth-order valence-corrected chi connectivity index (χ4v) is 1.41. The molecule has 20 heavy (non-hydrogen) atoms. The summed E-state index contributed by atoms with van der Waals surface area (Å²) in [6.07, 6.45) is 2.37. The average molecular weight is 303 g/mol. The topological polar surface area (TPSA) is 82.1 Å². The molecule has 1 aromatic rings. The lowest BCUT2D eigenvalue weighted by Crippen LogP contribution is -2.05. The Morgan fingerprint density at radius 3 is 2.00 bits per heavy atom. The standard InChI is InChI=1S/C13H14O6.ClH/c1-8(14)19-13-10(17-2)6-9(4-5-12(15)16)7-11(13)18-3;/h4-7H,1-3H3,(H,15,16);1H. The van der Waals surface area contributed by atoms with E-state index in [1.54, 1.807) is 12.1 Å². The van der Waals surface area contributed by atoms with Crippen molar-refractivity contribution in [2.24, 2.45) is 0 Å². The van der Waals surface area contributed by atoms with Crippen LogP contribution >= 0.6 is 12.4 Å². The fourth-order valence-electron chi connectivity index (χ4n) is 1.41. The van der Waals surface area contributed by atoms with Crippen LogP contribution in [-0.4, -0.2) is 31.3 Å². The molecule has 0 aliphatic carbocycles. The number of halogens is 1. The third-order valence-electron chi connectivity index (χ3n) is 2.15. The van der Waals surface area contributed by atoms with Gasteiger partial charge < -0.3 is 19.3 Å². The lowest BCUT2D eigenvalue weighted by atomic mass is 10.1. The molecule has 0 radical (unpaired) electrons. The van der Waals surface area contributed by atoms with Crippen molar-refractivity contribution >= 4 is 30.4 Å². The van der Waals surface area contributed by atoms with Gasteiger partial charge in [-0.1, -0.05) is 0 Å². The third kappa shape index (κ3) is 4.81. The Bertz CT molecular complexity index is 499. The number of ether oxygens (including phenoxy) is 3. The summed E-state index contributed by atoms with van der Waals surface area (Å²) in [7, 11) is 2.82. The second kappa shape index (κ2) is 8.06. The van der Waals surface area contributed by atoms with Gasteiger partial charge in [0.25, 0.3) is 0 Å². The maximum Gasteiger partial charge on any atom is 0.328 e. The lowest BCUT2D eigenvalue weighted by molar-refractivity contribution is -0.132. The first-order valence-electron chi connectivity index (χ1n) is 5.33. The molecule has 0 aliphatic rings. The number of carbonyl (C=O) groups is 2. The Morgan fingerprint density at radius 1 is 1.15 bits per heavy atom. The van der Waals surface area contributed by atoms with E-state index in [0.717, 1.165) is 6.08 Å². The molecule has 1 N–H and O–H groups in total. The summed E-state index contributed by atoms with van der Waals surface area (Å²) < 4.78 is 15.2. The maximum atomic E-state index is 11.0. The Balaban J connectivity index is 0.00000361. The minimum atomic E-state index is -1.07. The van der Waals surface area contributed by atoms with Crippen LogP contribution in [0.25, 0.3) is 6.08 Å². The first kappa shape index (κ1) is 17.8. The molecule has 110 valence electrons. The molecule has 1 rings (SSSR count). The number of methoxy groups -OCH3 is 2. The number of esters is 1.